The quantitative estimate of drug-likeness (QED) is 0.209. The van der Waals surface area contributed by atoms with Crippen LogP contribution in [0.1, 0.15) is 39.2 Å². The predicted molar refractivity (Wildman–Crippen MR) is 185 cm³/mol. The Morgan fingerprint density at radius 2 is 1.93 bits per heavy atom. The largest absolute Gasteiger partial charge is 0.389 e. The molecule has 3 aliphatic carbocycles. The van der Waals surface area contributed by atoms with E-state index in [4.69, 9.17) is 33.2 Å². The zero-order chi connectivity index (χ0) is 32.0. The van der Waals surface area contributed by atoms with E-state index >= 15 is 0 Å². The van der Waals surface area contributed by atoms with Gasteiger partial charge in [-0.05, 0) is 92.4 Å². The van der Waals surface area contributed by atoms with Gasteiger partial charge in [0.1, 0.15) is 0 Å². The van der Waals surface area contributed by atoms with Crippen molar-refractivity contribution in [3.8, 4) is 0 Å². The van der Waals surface area contributed by atoms with Crippen LogP contribution >= 0.6 is 23.2 Å². The molecule has 11 heteroatoms. The predicted octanol–water partition coefficient (Wildman–Crippen LogP) is 5.43. The van der Waals surface area contributed by atoms with Gasteiger partial charge in [0.15, 0.2) is 5.96 Å². The lowest BCUT2D eigenvalue weighted by Gasteiger charge is -2.61. The maximum Gasteiger partial charge on any atom is 0.262 e. The molecule has 4 atom stereocenters. The monoisotopic (exact) mass is 653 g/mol. The van der Waals surface area contributed by atoms with Crippen LogP contribution in [0.2, 0.25) is 10.0 Å². The van der Waals surface area contributed by atoms with E-state index in [-0.39, 0.29) is 17.7 Å². The number of benzene rings is 2. The van der Waals surface area contributed by atoms with Crippen LogP contribution in [0.15, 0.2) is 46.2 Å². The molecule has 7 rings (SSSR count). The summed E-state index contributed by atoms with van der Waals surface area (Å²) in [4.78, 5) is 28.3. The molecule has 9 nitrogen and oxygen atoms in total. The number of aliphatic hydroxyl groups excluding tert-OH is 1. The van der Waals surface area contributed by atoms with Crippen LogP contribution in [0.3, 0.4) is 0 Å². The number of nitrogens with zero attached hydrogens (tertiary/aromatic N) is 5. The normalized spacial score (nSPS) is 24.5. The van der Waals surface area contributed by atoms with Crippen molar-refractivity contribution in [2.24, 2.45) is 28.2 Å². The lowest BCUT2D eigenvalue weighted by Crippen LogP contribution is -2.58. The van der Waals surface area contributed by atoms with Crippen molar-refractivity contribution in [1.29, 1.82) is 0 Å². The Kier molecular flexibility index (Phi) is 9.09. The topological polar surface area (TPSA) is 98.0 Å². The molecule has 242 valence electrons. The lowest BCUT2D eigenvalue weighted by molar-refractivity contribution is -0.108. The number of aliphatic imine (C=N–C) groups is 1. The van der Waals surface area contributed by atoms with Gasteiger partial charge in [-0.15, -0.1) is 0 Å². The summed E-state index contributed by atoms with van der Waals surface area (Å²) >= 11 is 12.5. The fraction of sp³-hybridized carbons (Fsp3) is 0.559. The van der Waals surface area contributed by atoms with Gasteiger partial charge < -0.3 is 25.5 Å². The SMILES string of the molecule is C[C@@H]1C(/N=C(/Nc2ccc3c(=O)n(CCc4ccc(Cl)cc4Cl)c(NCCN(C)C)nc3c2)N2CC(O)C2)C[C@@H]2C[C@H]1C2(C)C. The highest BCUT2D eigenvalue weighted by Gasteiger charge is 2.56. The Morgan fingerprint density at radius 1 is 1.16 bits per heavy atom. The maximum atomic E-state index is 13.9. The van der Waals surface area contributed by atoms with E-state index in [1.165, 1.54) is 6.42 Å². The van der Waals surface area contributed by atoms with Crippen LogP contribution in [0.5, 0.6) is 0 Å². The third kappa shape index (κ3) is 6.55. The molecule has 0 amide bonds. The number of hydrogen-bond acceptors (Lipinski definition) is 6. The first-order chi connectivity index (χ1) is 21.4. The van der Waals surface area contributed by atoms with Gasteiger partial charge in [0, 0.05) is 48.5 Å². The van der Waals surface area contributed by atoms with Crippen molar-refractivity contribution in [2.45, 2.75) is 58.7 Å². The first-order valence-electron chi connectivity index (χ1n) is 16.1. The minimum absolute atomic E-state index is 0.110. The fourth-order valence-electron chi connectivity index (χ4n) is 7.39. The Balaban J connectivity index is 1.29. The average Bonchev–Trinajstić information content (AvgIpc) is 2.96. The van der Waals surface area contributed by atoms with Gasteiger partial charge in [-0.3, -0.25) is 9.36 Å². The van der Waals surface area contributed by atoms with Crippen molar-refractivity contribution < 1.29 is 5.11 Å². The van der Waals surface area contributed by atoms with Crippen molar-refractivity contribution in [2.75, 3.05) is 50.9 Å². The minimum Gasteiger partial charge on any atom is -0.389 e. The van der Waals surface area contributed by atoms with Crippen molar-refractivity contribution in [3.05, 3.63) is 62.4 Å². The first-order valence-corrected chi connectivity index (χ1v) is 16.8. The smallest absolute Gasteiger partial charge is 0.262 e. The number of β-amino-alcohol motifs (C(OH)–C–C–N with tert-alkyl or cyclic N) is 1. The molecule has 1 aromatic heterocycles. The summed E-state index contributed by atoms with van der Waals surface area (Å²) < 4.78 is 1.70. The summed E-state index contributed by atoms with van der Waals surface area (Å²) in [7, 11) is 4.02. The molecular formula is C34H45Cl2N7O2. The van der Waals surface area contributed by atoms with Gasteiger partial charge in [0.25, 0.3) is 5.56 Å². The molecule has 4 fully saturated rings. The number of likely N-dealkylation sites (N-methyl/N-ethyl adjacent to an activating group) is 1. The molecule has 4 aliphatic rings. The minimum atomic E-state index is -0.344. The number of aryl methyl sites for hydroxylation is 1. The summed E-state index contributed by atoms with van der Waals surface area (Å²) in [6.45, 7) is 10.1. The highest BCUT2D eigenvalue weighted by molar-refractivity contribution is 6.35. The number of nitrogens with one attached hydrogen (secondary N) is 2. The van der Waals surface area contributed by atoms with Crippen molar-refractivity contribution in [3.63, 3.8) is 0 Å². The van der Waals surface area contributed by atoms with Crippen molar-refractivity contribution in [1.82, 2.24) is 19.4 Å². The van der Waals surface area contributed by atoms with Gasteiger partial charge in [0.2, 0.25) is 5.95 Å². The van der Waals surface area contributed by atoms with E-state index in [2.05, 4.69) is 41.2 Å². The number of aliphatic hydroxyl groups is 1. The number of halogens is 2. The molecule has 2 bridgehead atoms. The van der Waals surface area contributed by atoms with Gasteiger partial charge in [-0.2, -0.15) is 0 Å². The van der Waals surface area contributed by atoms with Crippen LogP contribution in [0.25, 0.3) is 10.9 Å². The molecule has 1 aliphatic heterocycles. The highest BCUT2D eigenvalue weighted by atomic mass is 35.5. The standard InChI is InChI=1S/C34H45Cl2N7O2/c1-20-27-14-22(34(27,2)3)15-29(20)39-33(42-18-25(44)19-42)38-24-8-9-26-30(17-24)40-32(37-11-13-41(4)5)43(31(26)45)12-10-21-6-7-23(35)16-28(21)36/h6-9,16-17,20,22,25,27,29,44H,10-15,18-19H2,1-5H3,(H,37,40)(H,38,39)/t20-,22-,27+,29?/m0/s1. The molecule has 3 saturated carbocycles. The first kappa shape index (κ1) is 32.1. The van der Waals surface area contributed by atoms with Gasteiger partial charge in [-0.25, -0.2) is 9.98 Å². The second-order valence-corrected chi connectivity index (χ2v) is 14.8. The molecule has 0 spiro atoms. The summed E-state index contributed by atoms with van der Waals surface area (Å²) in [5, 5.41) is 18.7. The molecule has 1 saturated heterocycles. The zero-order valence-electron chi connectivity index (χ0n) is 26.9. The number of likely N-dealkylation sites (tertiary alicyclic amines) is 1. The van der Waals surface area contributed by atoms with E-state index in [9.17, 15) is 9.90 Å². The highest BCUT2D eigenvalue weighted by Crippen LogP contribution is 2.61. The number of aromatic nitrogens is 2. The van der Waals surface area contributed by atoms with Crippen molar-refractivity contribution >= 4 is 51.7 Å². The number of fused-ring (bicyclic) bond motifs is 3. The molecule has 0 radical (unpaired) electrons. The molecule has 2 aromatic carbocycles. The zero-order valence-corrected chi connectivity index (χ0v) is 28.4. The van der Waals surface area contributed by atoms with Crippen LogP contribution in [-0.4, -0.2) is 82.8 Å². The van der Waals surface area contributed by atoms with Gasteiger partial charge in [-0.1, -0.05) is 50.0 Å². The summed E-state index contributed by atoms with van der Waals surface area (Å²) in [6, 6.07) is 11.4. The second kappa shape index (κ2) is 12.7. The third-order valence-corrected chi connectivity index (χ3v) is 11.0. The Labute approximate surface area is 275 Å². The maximum absolute atomic E-state index is 13.9. The van der Waals surface area contributed by atoms with E-state index in [1.807, 2.05) is 44.4 Å². The molecule has 1 unspecified atom stereocenters. The summed E-state index contributed by atoms with van der Waals surface area (Å²) in [6.07, 6.45) is 2.61. The molecule has 2 heterocycles. The number of hydrogen-bond donors (Lipinski definition) is 3. The average molecular weight is 655 g/mol. The summed E-state index contributed by atoms with van der Waals surface area (Å²) in [5.41, 5.74) is 2.62. The van der Waals surface area contributed by atoms with Crippen LogP contribution in [0, 0.1) is 23.2 Å². The fourth-order valence-corrected chi connectivity index (χ4v) is 7.89. The summed E-state index contributed by atoms with van der Waals surface area (Å²) in [5.74, 6) is 3.21. The Hall–Kier alpha value is -2.85. The van der Waals surface area contributed by atoms with E-state index in [0.29, 0.717) is 82.7 Å². The molecule has 3 aromatic rings. The van der Waals surface area contributed by atoms with Crippen LogP contribution in [0.4, 0.5) is 11.6 Å². The number of rotatable bonds is 9. The number of anilines is 2. The van der Waals surface area contributed by atoms with E-state index in [0.717, 1.165) is 30.2 Å². The van der Waals surface area contributed by atoms with E-state index < -0.39 is 0 Å². The Bertz CT molecular complexity index is 1650. The second-order valence-electron chi connectivity index (χ2n) is 14.0. The third-order valence-electron chi connectivity index (χ3n) is 10.4. The lowest BCUT2D eigenvalue weighted by atomic mass is 9.45. The number of guanidine groups is 1. The molecule has 45 heavy (non-hydrogen) atoms. The van der Waals surface area contributed by atoms with Crippen LogP contribution < -0.4 is 16.2 Å². The van der Waals surface area contributed by atoms with Crippen LogP contribution in [-0.2, 0) is 13.0 Å². The Morgan fingerprint density at radius 3 is 2.60 bits per heavy atom. The molecule has 3 N–H and O–H groups in total. The van der Waals surface area contributed by atoms with Gasteiger partial charge >= 0.3 is 0 Å². The molecular weight excluding hydrogens is 609 g/mol. The van der Waals surface area contributed by atoms with E-state index in [1.54, 1.807) is 10.6 Å². The van der Waals surface area contributed by atoms with Gasteiger partial charge in [0.05, 0.1) is 23.0 Å².